The van der Waals surface area contributed by atoms with Crippen molar-refractivity contribution >= 4 is 0 Å². The van der Waals surface area contributed by atoms with E-state index in [1.54, 1.807) is 0 Å². The standard InChI is InChI=1S/C5H12N2O/c1-2-5-3-6-7-4-8-5/h5-7H,2-4H2,1H3. The first-order valence-electron chi connectivity index (χ1n) is 3.01. The van der Waals surface area contributed by atoms with Gasteiger partial charge in [-0.25, -0.2) is 5.43 Å². The minimum Gasteiger partial charge on any atom is -0.360 e. The highest BCUT2D eigenvalue weighted by Gasteiger charge is 2.08. The van der Waals surface area contributed by atoms with Crippen LogP contribution in [-0.4, -0.2) is 19.4 Å². The van der Waals surface area contributed by atoms with Crippen molar-refractivity contribution in [3.63, 3.8) is 0 Å². The molecule has 1 rings (SSSR count). The van der Waals surface area contributed by atoms with Crippen LogP contribution in [0, 0.1) is 0 Å². The molecule has 0 aromatic rings. The van der Waals surface area contributed by atoms with Crippen molar-refractivity contribution in [3.8, 4) is 0 Å². The summed E-state index contributed by atoms with van der Waals surface area (Å²) in [6.07, 6.45) is 1.51. The Balaban J connectivity index is 2.13. The molecule has 0 radical (unpaired) electrons. The third kappa shape index (κ3) is 1.43. The molecular formula is C5H12N2O. The van der Waals surface area contributed by atoms with Gasteiger partial charge in [-0.3, -0.25) is 5.43 Å². The SMILES string of the molecule is CCC1CNNCO1. The summed E-state index contributed by atoms with van der Waals surface area (Å²) < 4.78 is 5.25. The van der Waals surface area contributed by atoms with E-state index >= 15 is 0 Å². The zero-order chi connectivity index (χ0) is 5.82. The molecule has 3 heteroatoms. The Bertz CT molecular complexity index is 61.4. The van der Waals surface area contributed by atoms with E-state index in [0.717, 1.165) is 13.0 Å². The first-order chi connectivity index (χ1) is 3.93. The third-order valence-corrected chi connectivity index (χ3v) is 1.30. The summed E-state index contributed by atoms with van der Waals surface area (Å²) in [4.78, 5) is 0. The summed E-state index contributed by atoms with van der Waals surface area (Å²) in [5.74, 6) is 0. The maximum Gasteiger partial charge on any atom is 0.109 e. The smallest absolute Gasteiger partial charge is 0.109 e. The Morgan fingerprint density at radius 1 is 1.62 bits per heavy atom. The fraction of sp³-hybridized carbons (Fsp3) is 1.00. The predicted molar refractivity (Wildman–Crippen MR) is 31.2 cm³/mol. The molecule has 1 fully saturated rings. The Morgan fingerprint density at radius 2 is 2.50 bits per heavy atom. The minimum absolute atomic E-state index is 0.413. The fourth-order valence-corrected chi connectivity index (χ4v) is 0.718. The molecule has 0 spiro atoms. The largest absolute Gasteiger partial charge is 0.360 e. The van der Waals surface area contributed by atoms with Crippen LogP contribution in [0.4, 0.5) is 0 Å². The number of hydrazine groups is 1. The molecule has 2 N–H and O–H groups in total. The highest BCUT2D eigenvalue weighted by Crippen LogP contribution is 1.96. The Morgan fingerprint density at radius 3 is 2.88 bits per heavy atom. The molecule has 0 bridgehead atoms. The van der Waals surface area contributed by atoms with Crippen LogP contribution in [0.3, 0.4) is 0 Å². The van der Waals surface area contributed by atoms with Gasteiger partial charge in [0.05, 0.1) is 6.10 Å². The highest BCUT2D eigenvalue weighted by atomic mass is 16.5. The summed E-state index contributed by atoms with van der Waals surface area (Å²) in [5, 5.41) is 0. The third-order valence-electron chi connectivity index (χ3n) is 1.30. The van der Waals surface area contributed by atoms with Gasteiger partial charge in [0.15, 0.2) is 0 Å². The van der Waals surface area contributed by atoms with Crippen LogP contribution >= 0.6 is 0 Å². The number of hydrogen-bond acceptors (Lipinski definition) is 3. The first-order valence-corrected chi connectivity index (χ1v) is 3.01. The molecule has 0 aromatic heterocycles. The van der Waals surface area contributed by atoms with Gasteiger partial charge in [0, 0.05) is 6.54 Å². The molecule has 1 aliphatic rings. The van der Waals surface area contributed by atoms with Crippen molar-refractivity contribution in [1.82, 2.24) is 10.9 Å². The zero-order valence-corrected chi connectivity index (χ0v) is 5.11. The molecule has 1 unspecified atom stereocenters. The summed E-state index contributed by atoms with van der Waals surface area (Å²) in [6, 6.07) is 0. The van der Waals surface area contributed by atoms with Crippen LogP contribution < -0.4 is 10.9 Å². The lowest BCUT2D eigenvalue weighted by molar-refractivity contribution is -0.00362. The van der Waals surface area contributed by atoms with Crippen molar-refractivity contribution in [2.75, 3.05) is 13.3 Å². The maximum atomic E-state index is 5.25. The van der Waals surface area contributed by atoms with Gasteiger partial charge in [0.1, 0.15) is 6.73 Å². The molecule has 1 aliphatic heterocycles. The normalized spacial score (nSPS) is 30.4. The summed E-state index contributed by atoms with van der Waals surface area (Å²) >= 11 is 0. The molecule has 0 aliphatic carbocycles. The number of ether oxygens (including phenoxy) is 1. The van der Waals surface area contributed by atoms with E-state index in [-0.39, 0.29) is 0 Å². The van der Waals surface area contributed by atoms with Crippen molar-refractivity contribution in [2.45, 2.75) is 19.4 Å². The van der Waals surface area contributed by atoms with Crippen molar-refractivity contribution in [2.24, 2.45) is 0 Å². The van der Waals surface area contributed by atoms with Gasteiger partial charge < -0.3 is 4.74 Å². The van der Waals surface area contributed by atoms with Crippen LogP contribution in [0.2, 0.25) is 0 Å². The first kappa shape index (κ1) is 6.01. The molecule has 48 valence electrons. The van der Waals surface area contributed by atoms with Gasteiger partial charge in [0.25, 0.3) is 0 Å². The lowest BCUT2D eigenvalue weighted by Gasteiger charge is -2.22. The van der Waals surface area contributed by atoms with Crippen molar-refractivity contribution in [3.05, 3.63) is 0 Å². The molecule has 3 nitrogen and oxygen atoms in total. The van der Waals surface area contributed by atoms with Crippen LogP contribution in [0.25, 0.3) is 0 Å². The van der Waals surface area contributed by atoms with Gasteiger partial charge in [-0.2, -0.15) is 0 Å². The van der Waals surface area contributed by atoms with Crippen molar-refractivity contribution < 1.29 is 4.74 Å². The average molecular weight is 116 g/mol. The topological polar surface area (TPSA) is 33.3 Å². The monoisotopic (exact) mass is 116 g/mol. The van der Waals surface area contributed by atoms with E-state index in [1.807, 2.05) is 0 Å². The summed E-state index contributed by atoms with van der Waals surface area (Å²) in [6.45, 7) is 3.69. The van der Waals surface area contributed by atoms with Crippen LogP contribution in [0.15, 0.2) is 0 Å². The number of hydrogen-bond donors (Lipinski definition) is 2. The quantitative estimate of drug-likeness (QED) is 0.499. The number of rotatable bonds is 1. The molecule has 1 saturated heterocycles. The van der Waals surface area contributed by atoms with Crippen LogP contribution in [0.5, 0.6) is 0 Å². The molecule has 0 saturated carbocycles. The van der Waals surface area contributed by atoms with E-state index in [9.17, 15) is 0 Å². The minimum atomic E-state index is 0.413. The second-order valence-corrected chi connectivity index (χ2v) is 1.90. The van der Waals surface area contributed by atoms with E-state index in [2.05, 4.69) is 17.8 Å². The Hall–Kier alpha value is -0.120. The summed E-state index contributed by atoms with van der Waals surface area (Å²) in [5.41, 5.74) is 5.89. The van der Waals surface area contributed by atoms with Gasteiger partial charge in [-0.15, -0.1) is 0 Å². The van der Waals surface area contributed by atoms with E-state index in [0.29, 0.717) is 12.8 Å². The molecule has 1 atom stereocenters. The lowest BCUT2D eigenvalue weighted by atomic mass is 10.3. The molecule has 1 heterocycles. The molecular weight excluding hydrogens is 104 g/mol. The molecule has 0 aromatic carbocycles. The highest BCUT2D eigenvalue weighted by molar-refractivity contribution is 4.59. The zero-order valence-electron chi connectivity index (χ0n) is 5.11. The second-order valence-electron chi connectivity index (χ2n) is 1.90. The van der Waals surface area contributed by atoms with Crippen LogP contribution in [-0.2, 0) is 4.74 Å². The van der Waals surface area contributed by atoms with E-state index in [1.165, 1.54) is 0 Å². The predicted octanol–water partition coefficient (Wildman–Crippen LogP) is -0.153. The fourth-order valence-electron chi connectivity index (χ4n) is 0.718. The molecule has 8 heavy (non-hydrogen) atoms. The van der Waals surface area contributed by atoms with Crippen LogP contribution in [0.1, 0.15) is 13.3 Å². The second kappa shape index (κ2) is 3.02. The summed E-state index contributed by atoms with van der Waals surface area (Å²) in [7, 11) is 0. The van der Waals surface area contributed by atoms with Gasteiger partial charge in [0.2, 0.25) is 0 Å². The number of nitrogens with one attached hydrogen (secondary N) is 2. The Labute approximate surface area is 49.4 Å². The van der Waals surface area contributed by atoms with E-state index in [4.69, 9.17) is 4.74 Å². The van der Waals surface area contributed by atoms with Gasteiger partial charge in [-0.1, -0.05) is 6.92 Å². The molecule has 0 amide bonds. The average Bonchev–Trinajstić information content (AvgIpc) is 1.90. The van der Waals surface area contributed by atoms with Gasteiger partial charge >= 0.3 is 0 Å². The van der Waals surface area contributed by atoms with Crippen molar-refractivity contribution in [1.29, 1.82) is 0 Å². The van der Waals surface area contributed by atoms with E-state index < -0.39 is 0 Å². The maximum absolute atomic E-state index is 5.25. The Kier molecular flexibility index (Phi) is 2.27. The lowest BCUT2D eigenvalue weighted by Crippen LogP contribution is -2.46. The van der Waals surface area contributed by atoms with Gasteiger partial charge in [-0.05, 0) is 6.42 Å².